The second kappa shape index (κ2) is 2.82. The highest BCUT2D eigenvalue weighted by Gasteiger charge is 2.59. The molecule has 0 amide bonds. The van der Waals surface area contributed by atoms with E-state index >= 15 is 0 Å². The fourth-order valence-corrected chi connectivity index (χ4v) is 4.66. The maximum absolute atomic E-state index is 11.8. The molecule has 1 saturated carbocycles. The SMILES string of the molecule is COP1(=O)CCC2(O1)C(C)CC2C. The Bertz CT molecular complexity index is 256. The van der Waals surface area contributed by atoms with E-state index in [0.29, 0.717) is 18.0 Å². The molecule has 2 fully saturated rings. The predicted octanol–water partition coefficient (Wildman–Crippen LogP) is 2.66. The van der Waals surface area contributed by atoms with Gasteiger partial charge in [-0.2, -0.15) is 0 Å². The third-order valence-corrected chi connectivity index (χ3v) is 5.68. The van der Waals surface area contributed by atoms with Crippen LogP contribution in [0, 0.1) is 11.8 Å². The summed E-state index contributed by atoms with van der Waals surface area (Å²) in [7, 11) is -1.23. The minimum absolute atomic E-state index is 0.120. The Morgan fingerprint density at radius 2 is 2.08 bits per heavy atom. The van der Waals surface area contributed by atoms with Crippen molar-refractivity contribution in [1.29, 1.82) is 0 Å². The van der Waals surface area contributed by atoms with Crippen LogP contribution in [0.1, 0.15) is 26.7 Å². The second-order valence-electron chi connectivity index (χ2n) is 4.35. The van der Waals surface area contributed by atoms with Gasteiger partial charge in [0.05, 0.1) is 11.8 Å². The van der Waals surface area contributed by atoms with Crippen molar-refractivity contribution in [2.45, 2.75) is 32.3 Å². The molecule has 1 spiro atoms. The summed E-state index contributed by atoms with van der Waals surface area (Å²) in [6.45, 7) is 4.34. The van der Waals surface area contributed by atoms with E-state index in [0.717, 1.165) is 6.42 Å². The van der Waals surface area contributed by atoms with Crippen molar-refractivity contribution < 1.29 is 13.6 Å². The first-order valence-electron chi connectivity index (χ1n) is 4.88. The maximum atomic E-state index is 11.8. The summed E-state index contributed by atoms with van der Waals surface area (Å²) < 4.78 is 22.5. The van der Waals surface area contributed by atoms with Gasteiger partial charge in [0.1, 0.15) is 0 Å². The molecule has 0 aromatic rings. The fraction of sp³-hybridized carbons (Fsp3) is 1.00. The van der Waals surface area contributed by atoms with Gasteiger partial charge in [-0.3, -0.25) is 4.57 Å². The molecule has 0 bridgehead atoms. The summed E-state index contributed by atoms with van der Waals surface area (Å²) in [5.41, 5.74) is -0.120. The molecule has 3 unspecified atom stereocenters. The minimum Gasteiger partial charge on any atom is -0.312 e. The van der Waals surface area contributed by atoms with Crippen LogP contribution in [0.4, 0.5) is 0 Å². The lowest BCUT2D eigenvalue weighted by molar-refractivity contribution is -0.105. The monoisotopic (exact) mass is 204 g/mol. The molecule has 2 aliphatic rings. The third-order valence-electron chi connectivity index (χ3n) is 3.74. The van der Waals surface area contributed by atoms with E-state index < -0.39 is 7.60 Å². The van der Waals surface area contributed by atoms with Gasteiger partial charge in [0.2, 0.25) is 0 Å². The zero-order valence-electron chi connectivity index (χ0n) is 8.45. The quantitative estimate of drug-likeness (QED) is 0.616. The van der Waals surface area contributed by atoms with Gasteiger partial charge in [-0.25, -0.2) is 0 Å². The molecule has 0 N–H and O–H groups in total. The first kappa shape index (κ1) is 9.70. The summed E-state index contributed by atoms with van der Waals surface area (Å²) in [6, 6.07) is 0. The van der Waals surface area contributed by atoms with Crippen LogP contribution in [0.25, 0.3) is 0 Å². The molecule has 1 aliphatic carbocycles. The highest BCUT2D eigenvalue weighted by atomic mass is 31.2. The average molecular weight is 204 g/mol. The lowest BCUT2D eigenvalue weighted by Gasteiger charge is -2.50. The molecule has 76 valence electrons. The van der Waals surface area contributed by atoms with Crippen molar-refractivity contribution in [1.82, 2.24) is 0 Å². The van der Waals surface area contributed by atoms with Crippen LogP contribution < -0.4 is 0 Å². The number of hydrogen-bond donors (Lipinski definition) is 0. The second-order valence-corrected chi connectivity index (χ2v) is 6.57. The average Bonchev–Trinajstić information content (AvgIpc) is 2.49. The van der Waals surface area contributed by atoms with Gasteiger partial charge in [-0.05, 0) is 24.7 Å². The summed E-state index contributed by atoms with van der Waals surface area (Å²) in [5.74, 6) is 1.07. The summed E-state index contributed by atoms with van der Waals surface area (Å²) in [6.07, 6.45) is 2.68. The summed E-state index contributed by atoms with van der Waals surface area (Å²) in [4.78, 5) is 0. The van der Waals surface area contributed by atoms with Gasteiger partial charge >= 0.3 is 7.60 Å². The summed E-state index contributed by atoms with van der Waals surface area (Å²) in [5, 5.41) is 0. The van der Waals surface area contributed by atoms with Crippen molar-refractivity contribution in [2.24, 2.45) is 11.8 Å². The smallest absolute Gasteiger partial charge is 0.312 e. The van der Waals surface area contributed by atoms with Gasteiger partial charge in [-0.15, -0.1) is 0 Å². The Balaban J connectivity index is 2.17. The topological polar surface area (TPSA) is 35.5 Å². The van der Waals surface area contributed by atoms with Crippen LogP contribution in [0.2, 0.25) is 0 Å². The van der Waals surface area contributed by atoms with Gasteiger partial charge in [0, 0.05) is 7.11 Å². The first-order valence-corrected chi connectivity index (χ1v) is 6.61. The van der Waals surface area contributed by atoms with E-state index in [1.54, 1.807) is 0 Å². The Morgan fingerprint density at radius 3 is 2.38 bits per heavy atom. The zero-order chi connectivity index (χ0) is 9.69. The van der Waals surface area contributed by atoms with Gasteiger partial charge in [0.25, 0.3) is 0 Å². The number of rotatable bonds is 1. The highest BCUT2D eigenvalue weighted by Crippen LogP contribution is 2.66. The van der Waals surface area contributed by atoms with E-state index in [9.17, 15) is 4.57 Å². The van der Waals surface area contributed by atoms with E-state index in [2.05, 4.69) is 13.8 Å². The third kappa shape index (κ3) is 1.21. The van der Waals surface area contributed by atoms with Gasteiger partial charge < -0.3 is 9.05 Å². The van der Waals surface area contributed by atoms with E-state index in [1.807, 2.05) is 0 Å². The van der Waals surface area contributed by atoms with Crippen LogP contribution in [-0.2, 0) is 13.6 Å². The molecular weight excluding hydrogens is 187 g/mol. The van der Waals surface area contributed by atoms with Crippen LogP contribution >= 0.6 is 7.60 Å². The standard InChI is InChI=1S/C9H17O3P/c1-7-6-8(2)9(7)4-5-13(10,11-3)12-9/h7-8H,4-6H2,1-3H3. The molecule has 0 aromatic heterocycles. The van der Waals surface area contributed by atoms with E-state index in [4.69, 9.17) is 9.05 Å². The van der Waals surface area contributed by atoms with Crippen molar-refractivity contribution >= 4 is 7.60 Å². The Labute approximate surface area is 79.3 Å². The molecule has 13 heavy (non-hydrogen) atoms. The normalized spacial score (nSPS) is 55.3. The largest absolute Gasteiger partial charge is 0.331 e. The van der Waals surface area contributed by atoms with E-state index in [1.165, 1.54) is 13.5 Å². The Hall–Kier alpha value is 0.150. The maximum Gasteiger partial charge on any atom is 0.331 e. The van der Waals surface area contributed by atoms with Crippen molar-refractivity contribution in [2.75, 3.05) is 13.3 Å². The first-order chi connectivity index (χ1) is 6.02. The molecule has 0 aromatic carbocycles. The molecule has 3 atom stereocenters. The minimum atomic E-state index is -2.71. The molecule has 4 heteroatoms. The Morgan fingerprint density at radius 1 is 1.46 bits per heavy atom. The lowest BCUT2D eigenvalue weighted by Crippen LogP contribution is -2.52. The van der Waals surface area contributed by atoms with E-state index in [-0.39, 0.29) is 5.60 Å². The van der Waals surface area contributed by atoms with Gasteiger partial charge in [0.15, 0.2) is 0 Å². The highest BCUT2D eigenvalue weighted by molar-refractivity contribution is 7.54. The molecular formula is C9H17O3P. The Kier molecular flexibility index (Phi) is 2.10. The van der Waals surface area contributed by atoms with Gasteiger partial charge in [-0.1, -0.05) is 13.8 Å². The lowest BCUT2D eigenvalue weighted by atomic mass is 9.61. The molecule has 1 saturated heterocycles. The van der Waals surface area contributed by atoms with Crippen LogP contribution in [0.3, 0.4) is 0 Å². The zero-order valence-corrected chi connectivity index (χ0v) is 9.34. The molecule has 1 aliphatic heterocycles. The molecule has 2 rings (SSSR count). The van der Waals surface area contributed by atoms with Crippen LogP contribution in [-0.4, -0.2) is 18.9 Å². The molecule has 3 nitrogen and oxygen atoms in total. The van der Waals surface area contributed by atoms with Crippen LogP contribution in [0.5, 0.6) is 0 Å². The predicted molar refractivity (Wildman–Crippen MR) is 50.9 cm³/mol. The van der Waals surface area contributed by atoms with Crippen molar-refractivity contribution in [3.05, 3.63) is 0 Å². The molecule has 0 radical (unpaired) electrons. The molecule has 1 heterocycles. The summed E-state index contributed by atoms with van der Waals surface area (Å²) >= 11 is 0. The van der Waals surface area contributed by atoms with Crippen molar-refractivity contribution in [3.8, 4) is 0 Å². The fourth-order valence-electron chi connectivity index (χ4n) is 2.72. The van der Waals surface area contributed by atoms with Crippen LogP contribution in [0.15, 0.2) is 0 Å². The number of hydrogen-bond acceptors (Lipinski definition) is 3. The van der Waals surface area contributed by atoms with Crippen molar-refractivity contribution in [3.63, 3.8) is 0 Å².